The molecule has 0 aliphatic heterocycles. The van der Waals surface area contributed by atoms with Crippen molar-refractivity contribution in [3.63, 3.8) is 0 Å². The molecule has 4 nitrogen and oxygen atoms in total. The number of nitrogens with zero attached hydrogens (tertiary/aromatic N) is 2. The van der Waals surface area contributed by atoms with Crippen LogP contribution in [-0.2, 0) is 6.54 Å². The van der Waals surface area contributed by atoms with Gasteiger partial charge in [0.05, 0.1) is 11.8 Å². The molecule has 2 N–H and O–H groups in total. The summed E-state index contributed by atoms with van der Waals surface area (Å²) in [6.45, 7) is 10.2. The molecule has 0 saturated heterocycles. The van der Waals surface area contributed by atoms with E-state index in [1.807, 2.05) is 10.9 Å². The lowest BCUT2D eigenvalue weighted by Gasteiger charge is -2.41. The highest BCUT2D eigenvalue weighted by Gasteiger charge is 2.37. The molecule has 1 saturated carbocycles. The van der Waals surface area contributed by atoms with Crippen molar-refractivity contribution in [2.75, 3.05) is 6.54 Å². The Kier molecular flexibility index (Phi) is 4.55. The van der Waals surface area contributed by atoms with Gasteiger partial charge in [0.25, 0.3) is 0 Å². The van der Waals surface area contributed by atoms with E-state index in [9.17, 15) is 5.11 Å². The summed E-state index contributed by atoms with van der Waals surface area (Å²) >= 11 is 0. The van der Waals surface area contributed by atoms with Gasteiger partial charge in [0.1, 0.15) is 0 Å². The van der Waals surface area contributed by atoms with Crippen LogP contribution in [0.25, 0.3) is 0 Å². The molecule has 1 aromatic heterocycles. The smallest absolute Gasteiger partial charge is 0.0776 e. The van der Waals surface area contributed by atoms with Crippen molar-refractivity contribution in [2.24, 2.45) is 5.41 Å². The maximum atomic E-state index is 10.7. The average molecular weight is 279 g/mol. The molecule has 1 aliphatic carbocycles. The van der Waals surface area contributed by atoms with E-state index in [0.29, 0.717) is 12.6 Å². The van der Waals surface area contributed by atoms with E-state index < -0.39 is 5.60 Å². The third-order valence-corrected chi connectivity index (χ3v) is 4.27. The Morgan fingerprint density at radius 2 is 2.15 bits per heavy atom. The standard InChI is InChI=1S/C16H29N3O/c1-13(2)19-10-14(9-18-19)8-17-12-16(20)7-5-6-15(3,4)11-16/h9-10,13,17,20H,5-8,11-12H2,1-4H3. The minimum Gasteiger partial charge on any atom is -0.389 e. The van der Waals surface area contributed by atoms with Gasteiger partial charge in [0.2, 0.25) is 0 Å². The Morgan fingerprint density at radius 3 is 2.75 bits per heavy atom. The van der Waals surface area contributed by atoms with Gasteiger partial charge in [0.15, 0.2) is 0 Å². The first kappa shape index (κ1) is 15.5. The number of rotatable bonds is 5. The highest BCUT2D eigenvalue weighted by atomic mass is 16.3. The normalized spacial score (nSPS) is 26.1. The summed E-state index contributed by atoms with van der Waals surface area (Å²) in [5, 5.41) is 18.4. The molecule has 0 bridgehead atoms. The molecule has 0 radical (unpaired) electrons. The molecule has 20 heavy (non-hydrogen) atoms. The van der Waals surface area contributed by atoms with Gasteiger partial charge >= 0.3 is 0 Å². The molecule has 1 atom stereocenters. The first-order valence-electron chi connectivity index (χ1n) is 7.76. The molecule has 1 aliphatic rings. The molecule has 114 valence electrons. The fourth-order valence-corrected chi connectivity index (χ4v) is 3.31. The molecule has 4 heteroatoms. The molecule has 0 aromatic carbocycles. The van der Waals surface area contributed by atoms with E-state index >= 15 is 0 Å². The number of aromatic nitrogens is 2. The van der Waals surface area contributed by atoms with E-state index in [2.05, 4.69) is 44.3 Å². The number of nitrogens with one attached hydrogen (secondary N) is 1. The van der Waals surface area contributed by atoms with Crippen LogP contribution in [0.3, 0.4) is 0 Å². The van der Waals surface area contributed by atoms with E-state index in [4.69, 9.17) is 0 Å². The molecule has 1 fully saturated rings. The highest BCUT2D eigenvalue weighted by molar-refractivity contribution is 5.04. The molecule has 2 rings (SSSR count). The van der Waals surface area contributed by atoms with Crippen LogP contribution in [0.5, 0.6) is 0 Å². The van der Waals surface area contributed by atoms with Gasteiger partial charge in [-0.3, -0.25) is 4.68 Å². The van der Waals surface area contributed by atoms with Crippen LogP contribution < -0.4 is 5.32 Å². The van der Waals surface area contributed by atoms with Gasteiger partial charge in [-0.1, -0.05) is 20.3 Å². The van der Waals surface area contributed by atoms with Crippen molar-refractivity contribution in [3.05, 3.63) is 18.0 Å². The monoisotopic (exact) mass is 279 g/mol. The van der Waals surface area contributed by atoms with Crippen LogP contribution in [-0.4, -0.2) is 27.0 Å². The third-order valence-electron chi connectivity index (χ3n) is 4.27. The second-order valence-corrected chi connectivity index (χ2v) is 7.44. The zero-order valence-electron chi connectivity index (χ0n) is 13.3. The Bertz CT molecular complexity index is 439. The Balaban J connectivity index is 1.82. The fraction of sp³-hybridized carbons (Fsp3) is 0.812. The van der Waals surface area contributed by atoms with Gasteiger partial charge in [-0.15, -0.1) is 0 Å². The van der Waals surface area contributed by atoms with E-state index in [-0.39, 0.29) is 5.41 Å². The van der Waals surface area contributed by atoms with Gasteiger partial charge in [-0.2, -0.15) is 5.10 Å². The molecule has 1 unspecified atom stereocenters. The quantitative estimate of drug-likeness (QED) is 0.871. The minimum atomic E-state index is -0.546. The van der Waals surface area contributed by atoms with Crippen molar-refractivity contribution in [1.29, 1.82) is 0 Å². The molecular weight excluding hydrogens is 250 g/mol. The zero-order valence-corrected chi connectivity index (χ0v) is 13.3. The van der Waals surface area contributed by atoms with Crippen LogP contribution in [0, 0.1) is 5.41 Å². The number of hydrogen-bond donors (Lipinski definition) is 2. The fourth-order valence-electron chi connectivity index (χ4n) is 3.31. The Hall–Kier alpha value is -0.870. The topological polar surface area (TPSA) is 50.1 Å². The van der Waals surface area contributed by atoms with Crippen molar-refractivity contribution in [3.8, 4) is 0 Å². The summed E-state index contributed by atoms with van der Waals surface area (Å²) in [6.07, 6.45) is 8.12. The summed E-state index contributed by atoms with van der Waals surface area (Å²) in [7, 11) is 0. The summed E-state index contributed by atoms with van der Waals surface area (Å²) in [5.74, 6) is 0. The van der Waals surface area contributed by atoms with Crippen molar-refractivity contribution >= 4 is 0 Å². The summed E-state index contributed by atoms with van der Waals surface area (Å²) in [5.41, 5.74) is 0.893. The van der Waals surface area contributed by atoms with Crippen molar-refractivity contribution < 1.29 is 5.11 Å². The Morgan fingerprint density at radius 1 is 1.40 bits per heavy atom. The second kappa shape index (κ2) is 5.86. The summed E-state index contributed by atoms with van der Waals surface area (Å²) < 4.78 is 1.97. The predicted molar refractivity (Wildman–Crippen MR) is 81.5 cm³/mol. The first-order chi connectivity index (χ1) is 9.30. The van der Waals surface area contributed by atoms with E-state index in [1.165, 1.54) is 12.0 Å². The average Bonchev–Trinajstić information content (AvgIpc) is 2.75. The van der Waals surface area contributed by atoms with E-state index in [0.717, 1.165) is 25.8 Å². The van der Waals surface area contributed by atoms with Crippen LogP contribution in [0.4, 0.5) is 0 Å². The Labute approximate surface area is 122 Å². The van der Waals surface area contributed by atoms with Crippen molar-refractivity contribution in [1.82, 2.24) is 15.1 Å². The van der Waals surface area contributed by atoms with Gasteiger partial charge in [-0.05, 0) is 38.5 Å². The molecule has 1 heterocycles. The lowest BCUT2D eigenvalue weighted by molar-refractivity contribution is -0.0374. The lowest BCUT2D eigenvalue weighted by atomic mass is 9.70. The van der Waals surface area contributed by atoms with Gasteiger partial charge in [0, 0.05) is 30.9 Å². The van der Waals surface area contributed by atoms with Crippen LogP contribution in [0.2, 0.25) is 0 Å². The van der Waals surface area contributed by atoms with Crippen molar-refractivity contribution in [2.45, 2.75) is 71.6 Å². The highest BCUT2D eigenvalue weighted by Crippen LogP contribution is 2.40. The van der Waals surface area contributed by atoms with Crippen LogP contribution in [0.1, 0.15) is 65.0 Å². The third kappa shape index (κ3) is 4.06. The van der Waals surface area contributed by atoms with Crippen LogP contribution >= 0.6 is 0 Å². The van der Waals surface area contributed by atoms with E-state index in [1.54, 1.807) is 0 Å². The van der Waals surface area contributed by atoms with Crippen LogP contribution in [0.15, 0.2) is 12.4 Å². The molecule has 0 spiro atoms. The minimum absolute atomic E-state index is 0.261. The zero-order chi connectivity index (χ0) is 14.8. The SMILES string of the molecule is CC(C)n1cc(CNCC2(O)CCCC(C)(C)C2)cn1. The number of aliphatic hydroxyl groups is 1. The second-order valence-electron chi connectivity index (χ2n) is 7.44. The van der Waals surface area contributed by atoms with Gasteiger partial charge in [-0.25, -0.2) is 0 Å². The predicted octanol–water partition coefficient (Wildman–Crippen LogP) is 2.88. The maximum Gasteiger partial charge on any atom is 0.0776 e. The lowest BCUT2D eigenvalue weighted by Crippen LogP contribution is -2.46. The molecule has 0 amide bonds. The number of hydrogen-bond acceptors (Lipinski definition) is 3. The largest absolute Gasteiger partial charge is 0.389 e. The molecule has 1 aromatic rings. The van der Waals surface area contributed by atoms with Gasteiger partial charge < -0.3 is 10.4 Å². The first-order valence-corrected chi connectivity index (χ1v) is 7.76. The maximum absolute atomic E-state index is 10.7. The molecular formula is C16H29N3O. The summed E-state index contributed by atoms with van der Waals surface area (Å²) in [4.78, 5) is 0. The summed E-state index contributed by atoms with van der Waals surface area (Å²) in [6, 6.07) is 0.395.